The second kappa shape index (κ2) is 3.50. The van der Waals surface area contributed by atoms with Gasteiger partial charge in [-0.2, -0.15) is 0 Å². The van der Waals surface area contributed by atoms with Gasteiger partial charge in [-0.3, -0.25) is 5.26 Å². The number of rotatable bonds is 4. The number of carbonyl (C=O) groups is 1. The fourth-order valence-corrected chi connectivity index (χ4v) is 0.351. The summed E-state index contributed by atoms with van der Waals surface area (Å²) in [6.07, 6.45) is -0.140. The van der Waals surface area contributed by atoms with Crippen molar-refractivity contribution in [3.05, 3.63) is 0 Å². The van der Waals surface area contributed by atoms with E-state index in [-0.39, 0.29) is 13.0 Å². The zero-order valence-corrected chi connectivity index (χ0v) is 5.57. The molecular formula is C5H10O5. The fraction of sp³-hybridized carbons (Fsp3) is 0.800. The van der Waals surface area contributed by atoms with Gasteiger partial charge >= 0.3 is 5.97 Å². The maximum Gasteiger partial charge on any atom is 0.335 e. The highest BCUT2D eigenvalue weighted by Crippen LogP contribution is 2.08. The van der Waals surface area contributed by atoms with Gasteiger partial charge in [0.15, 0.2) is 5.60 Å². The van der Waals surface area contributed by atoms with Crippen molar-refractivity contribution in [1.82, 2.24) is 0 Å². The summed E-state index contributed by atoms with van der Waals surface area (Å²) in [6.45, 7) is 0.938. The predicted molar refractivity (Wildman–Crippen MR) is 31.5 cm³/mol. The van der Waals surface area contributed by atoms with Crippen molar-refractivity contribution >= 4 is 5.97 Å². The summed E-state index contributed by atoms with van der Waals surface area (Å²) in [5, 5.41) is 25.0. The Hall–Kier alpha value is -0.650. The van der Waals surface area contributed by atoms with E-state index < -0.39 is 11.6 Å². The fourth-order valence-electron chi connectivity index (χ4n) is 0.351. The molecule has 0 amide bonds. The van der Waals surface area contributed by atoms with E-state index in [0.717, 1.165) is 6.92 Å². The van der Waals surface area contributed by atoms with Gasteiger partial charge in [-0.15, -0.1) is 0 Å². The average Bonchev–Trinajstić information content (AvgIpc) is 1.84. The quantitative estimate of drug-likeness (QED) is 0.378. The van der Waals surface area contributed by atoms with Crippen LogP contribution in [-0.4, -0.2) is 33.6 Å². The van der Waals surface area contributed by atoms with E-state index in [1.54, 1.807) is 0 Å². The summed E-state index contributed by atoms with van der Waals surface area (Å²) in [5.74, 6) is -1.33. The Kier molecular flexibility index (Phi) is 3.27. The maximum absolute atomic E-state index is 10.1. The highest BCUT2D eigenvalue weighted by atomic mass is 17.1. The molecule has 10 heavy (non-hydrogen) atoms. The molecule has 0 aromatic heterocycles. The summed E-state index contributed by atoms with van der Waals surface area (Å²) in [4.78, 5) is 13.7. The number of hydrogen-bond acceptors (Lipinski definition) is 4. The van der Waals surface area contributed by atoms with Gasteiger partial charge in [-0.1, -0.05) is 0 Å². The van der Waals surface area contributed by atoms with Crippen molar-refractivity contribution in [2.45, 2.75) is 18.9 Å². The normalized spacial score (nSPS) is 16.3. The lowest BCUT2D eigenvalue weighted by molar-refractivity contribution is -0.248. The van der Waals surface area contributed by atoms with E-state index in [9.17, 15) is 4.79 Å². The van der Waals surface area contributed by atoms with E-state index in [4.69, 9.17) is 15.5 Å². The molecule has 0 fully saturated rings. The standard InChI is InChI=1S/C5H10O5/c1-5(8,4(6)7)2-3-10-9/h8-9H,2-3H2,1H3,(H,6,7). The lowest BCUT2D eigenvalue weighted by Crippen LogP contribution is -2.35. The first-order chi connectivity index (χ1) is 4.50. The molecule has 0 aromatic carbocycles. The topological polar surface area (TPSA) is 87.0 Å². The number of carboxylic acid groups (broad SMARTS) is 1. The van der Waals surface area contributed by atoms with Gasteiger partial charge in [0.2, 0.25) is 0 Å². The summed E-state index contributed by atoms with van der Waals surface area (Å²) in [7, 11) is 0. The number of carboxylic acids is 1. The predicted octanol–water partition coefficient (Wildman–Crippen LogP) is -0.298. The number of hydrogen-bond donors (Lipinski definition) is 3. The van der Waals surface area contributed by atoms with Gasteiger partial charge in [0.05, 0.1) is 6.61 Å². The van der Waals surface area contributed by atoms with Crippen LogP contribution in [0.15, 0.2) is 0 Å². The van der Waals surface area contributed by atoms with E-state index in [2.05, 4.69) is 4.89 Å². The van der Waals surface area contributed by atoms with Crippen LogP contribution >= 0.6 is 0 Å². The van der Waals surface area contributed by atoms with Crippen LogP contribution in [0, 0.1) is 0 Å². The van der Waals surface area contributed by atoms with E-state index in [0.29, 0.717) is 0 Å². The molecule has 0 aliphatic rings. The molecule has 0 aliphatic heterocycles. The van der Waals surface area contributed by atoms with E-state index >= 15 is 0 Å². The van der Waals surface area contributed by atoms with Crippen molar-refractivity contribution in [1.29, 1.82) is 0 Å². The van der Waals surface area contributed by atoms with Crippen LogP contribution in [0.3, 0.4) is 0 Å². The molecule has 0 saturated heterocycles. The van der Waals surface area contributed by atoms with Crippen LogP contribution in [0.2, 0.25) is 0 Å². The second-order valence-electron chi connectivity index (χ2n) is 2.16. The molecule has 1 atom stereocenters. The Bertz CT molecular complexity index is 119. The second-order valence-corrected chi connectivity index (χ2v) is 2.16. The number of aliphatic hydroxyl groups is 1. The van der Waals surface area contributed by atoms with Gasteiger partial charge in [0.1, 0.15) is 0 Å². The Balaban J connectivity index is 3.75. The summed E-state index contributed by atoms with van der Waals surface area (Å²) >= 11 is 0. The minimum atomic E-state index is -1.82. The zero-order valence-electron chi connectivity index (χ0n) is 5.57. The lowest BCUT2D eigenvalue weighted by atomic mass is 10.0. The van der Waals surface area contributed by atoms with Crippen LogP contribution in [0.25, 0.3) is 0 Å². The third kappa shape index (κ3) is 2.77. The minimum Gasteiger partial charge on any atom is -0.479 e. The van der Waals surface area contributed by atoms with Crippen LogP contribution in [0.5, 0.6) is 0 Å². The Morgan fingerprint density at radius 3 is 2.50 bits per heavy atom. The van der Waals surface area contributed by atoms with E-state index in [1.807, 2.05) is 0 Å². The molecule has 1 unspecified atom stereocenters. The molecule has 0 heterocycles. The van der Waals surface area contributed by atoms with Crippen molar-refractivity contribution < 1.29 is 25.2 Å². The van der Waals surface area contributed by atoms with Crippen molar-refractivity contribution in [2.24, 2.45) is 0 Å². The van der Waals surface area contributed by atoms with Crippen molar-refractivity contribution in [3.8, 4) is 0 Å². The number of aliphatic carboxylic acids is 1. The smallest absolute Gasteiger partial charge is 0.335 e. The Morgan fingerprint density at radius 1 is 1.70 bits per heavy atom. The first kappa shape index (κ1) is 9.35. The van der Waals surface area contributed by atoms with Crippen molar-refractivity contribution in [2.75, 3.05) is 6.61 Å². The third-order valence-corrected chi connectivity index (χ3v) is 1.14. The van der Waals surface area contributed by atoms with E-state index in [1.165, 1.54) is 0 Å². The Labute approximate surface area is 57.8 Å². The summed E-state index contributed by atoms with van der Waals surface area (Å²) < 4.78 is 0. The molecule has 5 nitrogen and oxygen atoms in total. The lowest BCUT2D eigenvalue weighted by Gasteiger charge is -2.15. The van der Waals surface area contributed by atoms with Gasteiger partial charge in [-0.05, 0) is 6.92 Å². The molecule has 5 heteroatoms. The van der Waals surface area contributed by atoms with Gasteiger partial charge in [0, 0.05) is 6.42 Å². The summed E-state index contributed by atoms with van der Waals surface area (Å²) in [6, 6.07) is 0. The van der Waals surface area contributed by atoms with Gasteiger partial charge in [0.25, 0.3) is 0 Å². The first-order valence-electron chi connectivity index (χ1n) is 2.73. The first-order valence-corrected chi connectivity index (χ1v) is 2.73. The third-order valence-electron chi connectivity index (χ3n) is 1.14. The molecule has 3 N–H and O–H groups in total. The Morgan fingerprint density at radius 2 is 2.20 bits per heavy atom. The van der Waals surface area contributed by atoms with Crippen LogP contribution < -0.4 is 0 Å². The summed E-state index contributed by atoms with van der Waals surface area (Å²) in [5.41, 5.74) is -1.82. The zero-order chi connectivity index (χ0) is 8.20. The van der Waals surface area contributed by atoms with Crippen LogP contribution in [0.4, 0.5) is 0 Å². The maximum atomic E-state index is 10.1. The van der Waals surface area contributed by atoms with Crippen LogP contribution in [-0.2, 0) is 9.68 Å². The highest BCUT2D eigenvalue weighted by Gasteiger charge is 2.29. The monoisotopic (exact) mass is 150 g/mol. The van der Waals surface area contributed by atoms with Crippen LogP contribution in [0.1, 0.15) is 13.3 Å². The molecule has 0 rings (SSSR count). The molecule has 0 aliphatic carbocycles. The molecule has 0 bridgehead atoms. The molecule has 60 valence electrons. The van der Waals surface area contributed by atoms with Gasteiger partial charge < -0.3 is 10.2 Å². The molecule has 0 spiro atoms. The average molecular weight is 150 g/mol. The minimum absolute atomic E-state index is 0.140. The molecule has 0 aromatic rings. The molecule has 0 radical (unpaired) electrons. The highest BCUT2D eigenvalue weighted by molar-refractivity contribution is 5.76. The largest absolute Gasteiger partial charge is 0.479 e. The molecular weight excluding hydrogens is 140 g/mol. The SMILES string of the molecule is CC(O)(CCOO)C(=O)O. The molecule has 0 saturated carbocycles. The van der Waals surface area contributed by atoms with Gasteiger partial charge in [-0.25, -0.2) is 9.68 Å². The van der Waals surface area contributed by atoms with Crippen molar-refractivity contribution in [3.63, 3.8) is 0 Å².